The number of fused-ring (bicyclic) bond motifs is 1. The highest BCUT2D eigenvalue weighted by atomic mass is 32.1. The number of rotatable bonds is 5. The summed E-state index contributed by atoms with van der Waals surface area (Å²) in [6, 6.07) is 9.97. The lowest BCUT2D eigenvalue weighted by molar-refractivity contribution is 0.0968. The maximum Gasteiger partial charge on any atom is 0.262 e. The smallest absolute Gasteiger partial charge is 0.262 e. The fourth-order valence-electron chi connectivity index (χ4n) is 4.72. The summed E-state index contributed by atoms with van der Waals surface area (Å²) in [6.45, 7) is 1.46. The molecule has 4 aromatic heterocycles. The molecule has 0 radical (unpaired) electrons. The molecule has 5 heterocycles. The zero-order chi connectivity index (χ0) is 26.2. The van der Waals surface area contributed by atoms with Gasteiger partial charge >= 0.3 is 0 Å². The number of piperidine rings is 1. The molecule has 1 aliphatic heterocycles. The molecule has 12 heteroatoms. The number of nitrogens with zero attached hydrogens (tertiary/aromatic N) is 7. The standard InChI is InChI=1S/C26H24FN9OS/c1-35-14-21(33-34-35)15-4-5-17(19(27)11-15)25(37)36(16-3-2-8-29-13-16)24-18-12-23(38-22(18)7-10-30-24)20-6-9-31-26(28)32-20/h4-7,9-12,14,16,29H,2-3,8,13H2,1H3,(H2,28,31,32)/t16-/m1/s1. The van der Waals surface area contributed by atoms with Gasteiger partial charge in [-0.05, 0) is 49.7 Å². The maximum atomic E-state index is 15.5. The predicted molar refractivity (Wildman–Crippen MR) is 144 cm³/mol. The van der Waals surface area contributed by atoms with Gasteiger partial charge in [-0.25, -0.2) is 19.3 Å². The van der Waals surface area contributed by atoms with E-state index in [1.54, 1.807) is 47.4 Å². The van der Waals surface area contributed by atoms with Gasteiger partial charge in [0.25, 0.3) is 5.91 Å². The van der Waals surface area contributed by atoms with E-state index in [4.69, 9.17) is 5.73 Å². The van der Waals surface area contributed by atoms with Gasteiger partial charge in [-0.2, -0.15) is 0 Å². The Morgan fingerprint density at radius 2 is 2.05 bits per heavy atom. The minimum atomic E-state index is -0.624. The van der Waals surface area contributed by atoms with Crippen molar-refractivity contribution >= 4 is 39.1 Å². The van der Waals surface area contributed by atoms with Crippen molar-refractivity contribution < 1.29 is 9.18 Å². The fraction of sp³-hybridized carbons (Fsp3) is 0.231. The van der Waals surface area contributed by atoms with Crippen LogP contribution in [-0.4, -0.2) is 55.0 Å². The first kappa shape index (κ1) is 24.1. The number of hydrogen-bond acceptors (Lipinski definition) is 9. The van der Waals surface area contributed by atoms with Gasteiger partial charge in [-0.1, -0.05) is 11.3 Å². The largest absolute Gasteiger partial charge is 0.368 e. The lowest BCUT2D eigenvalue weighted by Crippen LogP contribution is -2.49. The molecule has 1 aliphatic rings. The van der Waals surface area contributed by atoms with E-state index in [1.807, 2.05) is 12.1 Å². The molecule has 1 amide bonds. The number of nitrogen functional groups attached to an aromatic ring is 1. The van der Waals surface area contributed by atoms with Crippen LogP contribution in [0.25, 0.3) is 31.9 Å². The molecule has 10 nitrogen and oxygen atoms in total. The van der Waals surface area contributed by atoms with Crippen LogP contribution < -0.4 is 16.0 Å². The molecule has 192 valence electrons. The van der Waals surface area contributed by atoms with Gasteiger partial charge < -0.3 is 11.1 Å². The number of carbonyl (C=O) groups is 1. The Balaban J connectivity index is 1.43. The number of aromatic nitrogens is 6. The van der Waals surface area contributed by atoms with Crippen molar-refractivity contribution in [1.29, 1.82) is 0 Å². The Morgan fingerprint density at radius 3 is 2.79 bits per heavy atom. The average Bonchev–Trinajstić information content (AvgIpc) is 3.56. The molecule has 0 saturated carbocycles. The molecule has 0 unspecified atom stereocenters. The Bertz CT molecular complexity index is 1640. The van der Waals surface area contributed by atoms with Gasteiger partial charge in [0, 0.05) is 41.6 Å². The number of amides is 1. The van der Waals surface area contributed by atoms with Crippen LogP contribution in [0.3, 0.4) is 0 Å². The first-order valence-electron chi connectivity index (χ1n) is 12.2. The zero-order valence-corrected chi connectivity index (χ0v) is 21.3. The SMILES string of the molecule is Cn1cc(-c2ccc(C(=O)N(c3nccc4sc(-c5ccnc(N)n5)cc34)[C@@H]3CCCNC3)c(F)c2)nn1. The number of aryl methyl sites for hydroxylation is 1. The summed E-state index contributed by atoms with van der Waals surface area (Å²) in [4.78, 5) is 29.5. The van der Waals surface area contributed by atoms with Crippen molar-refractivity contribution in [3.05, 3.63) is 66.4 Å². The highest BCUT2D eigenvalue weighted by molar-refractivity contribution is 7.22. The summed E-state index contributed by atoms with van der Waals surface area (Å²) in [5.74, 6) is -0.394. The van der Waals surface area contributed by atoms with Gasteiger partial charge in [-0.3, -0.25) is 14.4 Å². The molecule has 0 spiro atoms. The Morgan fingerprint density at radius 1 is 1.18 bits per heavy atom. The van der Waals surface area contributed by atoms with Crippen molar-refractivity contribution in [2.75, 3.05) is 23.7 Å². The minimum Gasteiger partial charge on any atom is -0.368 e. The third-order valence-corrected chi connectivity index (χ3v) is 7.65. The van der Waals surface area contributed by atoms with E-state index < -0.39 is 11.7 Å². The molecule has 1 fully saturated rings. The van der Waals surface area contributed by atoms with Gasteiger partial charge in [0.2, 0.25) is 5.95 Å². The summed E-state index contributed by atoms with van der Waals surface area (Å²) < 4.78 is 17.9. The van der Waals surface area contributed by atoms with E-state index in [1.165, 1.54) is 23.5 Å². The quantitative estimate of drug-likeness (QED) is 0.353. The summed E-state index contributed by atoms with van der Waals surface area (Å²) in [5, 5.41) is 12.1. The Kier molecular flexibility index (Phi) is 6.26. The topological polar surface area (TPSA) is 128 Å². The molecule has 0 bridgehead atoms. The molecule has 5 aromatic rings. The number of pyridine rings is 1. The van der Waals surface area contributed by atoms with E-state index in [0.717, 1.165) is 34.3 Å². The maximum absolute atomic E-state index is 15.5. The number of hydrogen-bond donors (Lipinski definition) is 2. The number of nitrogens with two attached hydrogens (primary N) is 1. The highest BCUT2D eigenvalue weighted by Gasteiger charge is 2.32. The summed E-state index contributed by atoms with van der Waals surface area (Å²) in [5.41, 5.74) is 7.54. The molecule has 1 aromatic carbocycles. The van der Waals surface area contributed by atoms with Crippen molar-refractivity contribution in [2.45, 2.75) is 18.9 Å². The second-order valence-corrected chi connectivity index (χ2v) is 10.2. The van der Waals surface area contributed by atoms with Crippen LogP contribution in [0.4, 0.5) is 16.2 Å². The van der Waals surface area contributed by atoms with Crippen LogP contribution >= 0.6 is 11.3 Å². The lowest BCUT2D eigenvalue weighted by atomic mass is 10.0. The zero-order valence-electron chi connectivity index (χ0n) is 20.5. The van der Waals surface area contributed by atoms with Crippen LogP contribution in [0.2, 0.25) is 0 Å². The van der Waals surface area contributed by atoms with E-state index >= 15 is 4.39 Å². The van der Waals surface area contributed by atoms with Crippen LogP contribution in [0.15, 0.2) is 55.0 Å². The number of nitrogens with one attached hydrogen (secondary N) is 1. The van der Waals surface area contributed by atoms with E-state index in [2.05, 4.69) is 30.6 Å². The van der Waals surface area contributed by atoms with Crippen LogP contribution in [0.1, 0.15) is 23.2 Å². The second-order valence-electron chi connectivity index (χ2n) is 9.10. The predicted octanol–water partition coefficient (Wildman–Crippen LogP) is 3.67. The number of anilines is 2. The third-order valence-electron chi connectivity index (χ3n) is 6.53. The van der Waals surface area contributed by atoms with Gasteiger partial charge in [0.1, 0.15) is 17.3 Å². The van der Waals surface area contributed by atoms with Crippen molar-refractivity contribution in [3.63, 3.8) is 0 Å². The van der Waals surface area contributed by atoms with Gasteiger partial charge in [-0.15, -0.1) is 16.4 Å². The lowest BCUT2D eigenvalue weighted by Gasteiger charge is -2.34. The number of carbonyl (C=O) groups excluding carboxylic acids is 1. The van der Waals surface area contributed by atoms with Gasteiger partial charge in [0.15, 0.2) is 0 Å². The Labute approximate surface area is 221 Å². The van der Waals surface area contributed by atoms with E-state index in [-0.39, 0.29) is 17.6 Å². The van der Waals surface area contributed by atoms with Gasteiger partial charge in [0.05, 0.1) is 28.4 Å². The number of benzene rings is 1. The Hall–Kier alpha value is -4.29. The summed E-state index contributed by atoms with van der Waals surface area (Å²) in [6.07, 6.45) is 6.65. The van der Waals surface area contributed by atoms with Crippen LogP contribution in [0.5, 0.6) is 0 Å². The molecule has 1 atom stereocenters. The van der Waals surface area contributed by atoms with Crippen molar-refractivity contribution in [3.8, 4) is 21.8 Å². The fourth-order valence-corrected chi connectivity index (χ4v) is 5.75. The monoisotopic (exact) mass is 529 g/mol. The molecule has 0 aliphatic carbocycles. The normalized spacial score (nSPS) is 15.6. The molecular formula is C26H24FN9OS. The minimum absolute atomic E-state index is 0.0268. The molecule has 6 rings (SSSR count). The van der Waals surface area contributed by atoms with Crippen molar-refractivity contribution in [1.82, 2.24) is 35.3 Å². The second kappa shape index (κ2) is 9.88. The van der Waals surface area contributed by atoms with E-state index in [9.17, 15) is 4.79 Å². The number of thiophene rings is 1. The molecule has 3 N–H and O–H groups in total. The molecule has 38 heavy (non-hydrogen) atoms. The summed E-state index contributed by atoms with van der Waals surface area (Å²) >= 11 is 1.52. The van der Waals surface area contributed by atoms with Crippen LogP contribution in [0, 0.1) is 5.82 Å². The molecule has 1 saturated heterocycles. The first-order chi connectivity index (χ1) is 18.5. The third kappa shape index (κ3) is 4.48. The first-order valence-corrected chi connectivity index (χ1v) is 13.0. The van der Waals surface area contributed by atoms with Crippen LogP contribution in [-0.2, 0) is 7.05 Å². The molecular weight excluding hydrogens is 505 g/mol. The highest BCUT2D eigenvalue weighted by Crippen LogP contribution is 2.38. The summed E-state index contributed by atoms with van der Waals surface area (Å²) in [7, 11) is 1.74. The van der Waals surface area contributed by atoms with Crippen molar-refractivity contribution in [2.24, 2.45) is 7.05 Å². The number of halogens is 1. The average molecular weight is 530 g/mol. The van der Waals surface area contributed by atoms with E-state index in [0.29, 0.717) is 29.3 Å².